The molecular formula is C15H11N3O5S2. The summed E-state index contributed by atoms with van der Waals surface area (Å²) >= 11 is 6.05. The predicted molar refractivity (Wildman–Crippen MR) is 90.5 cm³/mol. The maximum atomic E-state index is 11.4. The standard InChI is InChI=1S/C15H11N3O5S2/c19-12(20)5-9(14(22)23)18-13(21)10(25-15(18)24)6-11-16-7-3-1-2-4-8(7)17-11/h1-4,6,9,21H,5H2,(H,19,20)(H,22,23). The smallest absolute Gasteiger partial charge is 0.327 e. The second-order valence-corrected chi connectivity index (χ2v) is 6.77. The first-order valence-electron chi connectivity index (χ1n) is 7.00. The molecule has 0 aliphatic carbocycles. The van der Waals surface area contributed by atoms with Gasteiger partial charge in [0, 0.05) is 6.08 Å². The van der Waals surface area contributed by atoms with Crippen molar-refractivity contribution in [2.24, 2.45) is 9.98 Å². The molecule has 1 atom stereocenters. The number of carboxylic acids is 2. The zero-order valence-corrected chi connectivity index (χ0v) is 14.1. The molecule has 3 N–H and O–H groups in total. The maximum absolute atomic E-state index is 11.4. The van der Waals surface area contributed by atoms with Crippen LogP contribution in [0.15, 0.2) is 40.1 Å². The summed E-state index contributed by atoms with van der Waals surface area (Å²) in [4.78, 5) is 31.1. The van der Waals surface area contributed by atoms with Gasteiger partial charge in [0.15, 0.2) is 9.78 Å². The average Bonchev–Trinajstić information content (AvgIpc) is 3.06. The summed E-state index contributed by atoms with van der Waals surface area (Å²) in [6.45, 7) is 0. The van der Waals surface area contributed by atoms with Crippen molar-refractivity contribution in [1.29, 1.82) is 0 Å². The Kier molecular flexibility index (Phi) is 4.47. The third-order valence-electron chi connectivity index (χ3n) is 3.42. The van der Waals surface area contributed by atoms with Crippen LogP contribution < -0.4 is 10.7 Å². The molecule has 3 rings (SSSR count). The van der Waals surface area contributed by atoms with Gasteiger partial charge in [-0.2, -0.15) is 0 Å². The number of rotatable bonds is 5. The molecule has 1 aromatic heterocycles. The number of carboxylic acid groups (broad SMARTS) is 2. The van der Waals surface area contributed by atoms with E-state index in [1.807, 2.05) is 12.1 Å². The lowest BCUT2D eigenvalue weighted by atomic mass is 10.2. The number of hydrogen-bond donors (Lipinski definition) is 3. The Labute approximate surface area is 149 Å². The van der Waals surface area contributed by atoms with Crippen LogP contribution in [0.25, 0.3) is 6.08 Å². The van der Waals surface area contributed by atoms with Gasteiger partial charge in [0.1, 0.15) is 6.04 Å². The van der Waals surface area contributed by atoms with E-state index in [1.54, 1.807) is 12.1 Å². The number of aliphatic carboxylic acids is 2. The molecule has 10 heteroatoms. The number of nitrogens with zero attached hydrogens (tertiary/aromatic N) is 3. The molecule has 0 bridgehead atoms. The molecular weight excluding hydrogens is 366 g/mol. The first-order chi connectivity index (χ1) is 11.9. The van der Waals surface area contributed by atoms with Gasteiger partial charge in [0.05, 0.1) is 22.0 Å². The minimum absolute atomic E-state index is 0.0495. The largest absolute Gasteiger partial charge is 0.493 e. The summed E-state index contributed by atoms with van der Waals surface area (Å²) in [6.07, 6.45) is 0.774. The Bertz CT molecular complexity index is 1050. The van der Waals surface area contributed by atoms with Crippen molar-refractivity contribution in [2.75, 3.05) is 0 Å². The lowest BCUT2D eigenvalue weighted by molar-refractivity contribution is -0.147. The number of benzene rings is 1. The Morgan fingerprint density at radius 3 is 2.36 bits per heavy atom. The van der Waals surface area contributed by atoms with Gasteiger partial charge in [-0.1, -0.05) is 12.1 Å². The van der Waals surface area contributed by atoms with E-state index in [-0.39, 0.29) is 8.83 Å². The van der Waals surface area contributed by atoms with Gasteiger partial charge >= 0.3 is 11.9 Å². The van der Waals surface area contributed by atoms with Crippen LogP contribution in [0.2, 0.25) is 0 Å². The van der Waals surface area contributed by atoms with Crippen molar-refractivity contribution in [3.63, 3.8) is 0 Å². The third kappa shape index (κ3) is 3.35. The number of aromatic nitrogens is 1. The van der Waals surface area contributed by atoms with E-state index in [2.05, 4.69) is 9.98 Å². The Balaban J connectivity index is 2.05. The van der Waals surface area contributed by atoms with E-state index in [4.69, 9.17) is 17.3 Å². The van der Waals surface area contributed by atoms with Gasteiger partial charge in [-0.3, -0.25) is 9.36 Å². The van der Waals surface area contributed by atoms with E-state index in [9.17, 15) is 19.8 Å². The molecule has 128 valence electrons. The van der Waals surface area contributed by atoms with Crippen molar-refractivity contribution >= 4 is 41.6 Å². The van der Waals surface area contributed by atoms with Crippen LogP contribution in [-0.4, -0.2) is 31.8 Å². The molecule has 0 saturated heterocycles. The lowest BCUT2D eigenvalue weighted by Gasteiger charge is -2.12. The Morgan fingerprint density at radius 2 is 1.84 bits per heavy atom. The molecule has 2 heterocycles. The van der Waals surface area contributed by atoms with E-state index < -0.39 is 30.3 Å². The lowest BCUT2D eigenvalue weighted by Crippen LogP contribution is -2.22. The molecule has 8 nitrogen and oxygen atoms in total. The first-order valence-corrected chi connectivity index (χ1v) is 8.22. The van der Waals surface area contributed by atoms with Crippen LogP contribution in [0.5, 0.6) is 5.88 Å². The monoisotopic (exact) mass is 377 g/mol. The maximum Gasteiger partial charge on any atom is 0.327 e. The van der Waals surface area contributed by atoms with Crippen LogP contribution in [0, 0.1) is 3.95 Å². The van der Waals surface area contributed by atoms with Gasteiger partial charge in [-0.15, -0.1) is 11.3 Å². The summed E-state index contributed by atoms with van der Waals surface area (Å²) in [5, 5.41) is 29.8. The molecule has 0 amide bonds. The molecule has 1 aliphatic heterocycles. The zero-order valence-electron chi connectivity index (χ0n) is 12.5. The molecule has 25 heavy (non-hydrogen) atoms. The van der Waals surface area contributed by atoms with Gasteiger partial charge in [0.25, 0.3) is 0 Å². The summed E-state index contributed by atoms with van der Waals surface area (Å²) < 4.78 is 0.971. The summed E-state index contributed by atoms with van der Waals surface area (Å²) in [5.41, 5.74) is 0. The predicted octanol–water partition coefficient (Wildman–Crippen LogP) is 1.34. The van der Waals surface area contributed by atoms with E-state index in [0.29, 0.717) is 16.5 Å². The van der Waals surface area contributed by atoms with Crippen LogP contribution >= 0.6 is 23.6 Å². The second kappa shape index (κ2) is 6.57. The number of aromatic hydroxyl groups is 1. The number of para-hydroxylation sites is 2. The van der Waals surface area contributed by atoms with Crippen LogP contribution in [0.1, 0.15) is 17.3 Å². The normalized spacial score (nSPS) is 13.5. The second-order valence-electron chi connectivity index (χ2n) is 5.09. The SMILES string of the molecule is O=C(O)CC(C(=O)O)n1c(O)c(C=C2N=c3ccccc3=N2)sc1=S. The highest BCUT2D eigenvalue weighted by Gasteiger charge is 2.27. The molecule has 0 saturated carbocycles. The van der Waals surface area contributed by atoms with Crippen LogP contribution in [-0.2, 0) is 9.59 Å². The highest BCUT2D eigenvalue weighted by atomic mass is 32.1. The third-order valence-corrected chi connectivity index (χ3v) is 4.76. The van der Waals surface area contributed by atoms with Gasteiger partial charge in [0.2, 0.25) is 5.88 Å². The highest BCUT2D eigenvalue weighted by molar-refractivity contribution is 7.73. The van der Waals surface area contributed by atoms with Crippen LogP contribution in [0.3, 0.4) is 0 Å². The topological polar surface area (TPSA) is 124 Å². The van der Waals surface area contributed by atoms with E-state index in [1.165, 1.54) is 6.08 Å². The Morgan fingerprint density at radius 1 is 1.24 bits per heavy atom. The average molecular weight is 377 g/mol. The molecule has 0 spiro atoms. The molecule has 1 aromatic carbocycles. The number of hydrogen-bond acceptors (Lipinski definition) is 7. The van der Waals surface area contributed by atoms with Crippen LogP contribution in [0.4, 0.5) is 0 Å². The molecule has 1 aliphatic rings. The van der Waals surface area contributed by atoms with Crippen molar-refractivity contribution in [1.82, 2.24) is 4.57 Å². The van der Waals surface area contributed by atoms with Gasteiger partial charge in [-0.05, 0) is 24.4 Å². The van der Waals surface area contributed by atoms with Crippen molar-refractivity contribution in [3.8, 4) is 5.88 Å². The fourth-order valence-electron chi connectivity index (χ4n) is 2.32. The molecule has 2 aromatic rings. The summed E-state index contributed by atoms with van der Waals surface area (Å²) in [6, 6.07) is 5.73. The molecule has 0 radical (unpaired) electrons. The Hall–Kier alpha value is -2.85. The fourth-order valence-corrected chi connectivity index (χ4v) is 3.66. The minimum atomic E-state index is -1.50. The molecule has 1 unspecified atom stereocenters. The van der Waals surface area contributed by atoms with E-state index >= 15 is 0 Å². The fraction of sp³-hybridized carbons (Fsp3) is 0.133. The minimum Gasteiger partial charge on any atom is -0.493 e. The van der Waals surface area contributed by atoms with Crippen molar-refractivity contribution in [2.45, 2.75) is 12.5 Å². The van der Waals surface area contributed by atoms with Gasteiger partial charge < -0.3 is 15.3 Å². The summed E-state index contributed by atoms with van der Waals surface area (Å²) in [5.74, 6) is -2.79. The highest BCUT2D eigenvalue weighted by Crippen LogP contribution is 2.33. The quantitative estimate of drug-likeness (QED) is 0.676. The number of carbonyl (C=O) groups is 2. The molecule has 0 fully saturated rings. The van der Waals surface area contributed by atoms with Crippen molar-refractivity contribution in [3.05, 3.63) is 49.6 Å². The van der Waals surface area contributed by atoms with Gasteiger partial charge in [-0.25, -0.2) is 14.8 Å². The number of fused-ring (bicyclic) bond motifs is 1. The zero-order chi connectivity index (χ0) is 18.1. The first kappa shape index (κ1) is 17.0. The van der Waals surface area contributed by atoms with E-state index in [0.717, 1.165) is 15.9 Å². The number of thiazole rings is 1. The summed E-state index contributed by atoms with van der Waals surface area (Å²) in [7, 11) is 0. The van der Waals surface area contributed by atoms with Crippen molar-refractivity contribution < 1.29 is 24.9 Å².